The van der Waals surface area contributed by atoms with Crippen LogP contribution in [0.5, 0.6) is 0 Å². The lowest BCUT2D eigenvalue weighted by Gasteiger charge is -1.83. The molecule has 1 aliphatic carbocycles. The Bertz CT molecular complexity index is 334. The van der Waals surface area contributed by atoms with Crippen LogP contribution in [0.25, 0.3) is 10.9 Å². The molecule has 0 aliphatic heterocycles. The lowest BCUT2D eigenvalue weighted by molar-refractivity contribution is 0.886. The molecule has 0 saturated heterocycles. The number of aromatic nitrogens is 1. The molecule has 1 aromatic carbocycles. The van der Waals surface area contributed by atoms with Crippen molar-refractivity contribution < 1.29 is 0 Å². The minimum atomic E-state index is 1.21. The maximum absolute atomic E-state index is 3.12. The highest BCUT2D eigenvalue weighted by molar-refractivity contribution is 5.78. The van der Waals surface area contributed by atoms with Gasteiger partial charge in [-0.05, 0) is 17.5 Å². The lowest BCUT2D eigenvalue weighted by atomic mass is 10.3. The first kappa shape index (κ1) is 9.32. The summed E-state index contributed by atoms with van der Waals surface area (Å²) in [5.41, 5.74) is 1.21. The normalized spacial score (nSPS) is 15.1. The van der Waals surface area contributed by atoms with Crippen LogP contribution in [0, 0.1) is 0 Å². The zero-order valence-corrected chi connectivity index (χ0v) is 8.50. The Hall–Kier alpha value is -1.24. The highest BCUT2D eigenvalue weighted by atomic mass is 14.6. The molecule has 0 amide bonds. The van der Waals surface area contributed by atoms with Crippen molar-refractivity contribution in [3.8, 4) is 0 Å². The standard InChI is InChI=1S/C8H7N.C5H10/c1-2-4-8-7(3-1)5-6-9-8;1-2-4-5-3-1/h1-6,9H;1-5H2. The van der Waals surface area contributed by atoms with Crippen LogP contribution in [-0.2, 0) is 0 Å². The summed E-state index contributed by atoms with van der Waals surface area (Å²) in [4.78, 5) is 3.12. The first-order valence-corrected chi connectivity index (χ1v) is 5.49. The van der Waals surface area contributed by atoms with Crippen LogP contribution >= 0.6 is 0 Å². The summed E-state index contributed by atoms with van der Waals surface area (Å²) in [6, 6.07) is 10.3. The number of fused-ring (bicyclic) bond motifs is 1. The van der Waals surface area contributed by atoms with Gasteiger partial charge in [0.25, 0.3) is 0 Å². The fourth-order valence-corrected chi connectivity index (χ4v) is 1.88. The minimum absolute atomic E-state index is 1.21. The van der Waals surface area contributed by atoms with E-state index in [1.165, 1.54) is 43.0 Å². The summed E-state index contributed by atoms with van der Waals surface area (Å²) in [6.45, 7) is 0. The molecule has 1 heterocycles. The van der Waals surface area contributed by atoms with E-state index >= 15 is 0 Å². The summed E-state index contributed by atoms with van der Waals surface area (Å²) in [5, 5.41) is 1.28. The predicted octanol–water partition coefficient (Wildman–Crippen LogP) is 4.12. The van der Waals surface area contributed by atoms with Crippen molar-refractivity contribution in [2.24, 2.45) is 0 Å². The SMILES string of the molecule is C1CCCC1.c1ccc2[nH]ccc2c1. The van der Waals surface area contributed by atoms with Gasteiger partial charge >= 0.3 is 0 Å². The van der Waals surface area contributed by atoms with E-state index in [2.05, 4.69) is 23.2 Å². The van der Waals surface area contributed by atoms with Gasteiger partial charge in [-0.15, -0.1) is 0 Å². The Morgan fingerprint density at radius 3 is 2.07 bits per heavy atom. The molecule has 0 radical (unpaired) electrons. The molecule has 1 nitrogen and oxygen atoms in total. The molecule has 1 aromatic heterocycles. The summed E-state index contributed by atoms with van der Waals surface area (Å²) < 4.78 is 0. The van der Waals surface area contributed by atoms with Crippen molar-refractivity contribution in [2.75, 3.05) is 0 Å². The number of hydrogen-bond donors (Lipinski definition) is 1. The van der Waals surface area contributed by atoms with Gasteiger partial charge in [-0.25, -0.2) is 0 Å². The van der Waals surface area contributed by atoms with Gasteiger partial charge in [0.2, 0.25) is 0 Å². The second-order valence-corrected chi connectivity index (χ2v) is 3.83. The highest BCUT2D eigenvalue weighted by Gasteiger charge is 1.95. The highest BCUT2D eigenvalue weighted by Crippen LogP contribution is 2.15. The zero-order chi connectivity index (χ0) is 9.64. The lowest BCUT2D eigenvalue weighted by Crippen LogP contribution is -1.61. The van der Waals surface area contributed by atoms with E-state index in [9.17, 15) is 0 Å². The van der Waals surface area contributed by atoms with Gasteiger partial charge in [0.05, 0.1) is 0 Å². The first-order valence-electron chi connectivity index (χ1n) is 5.49. The van der Waals surface area contributed by atoms with E-state index in [1.54, 1.807) is 0 Å². The average Bonchev–Trinajstić information content (AvgIpc) is 2.92. The Balaban J connectivity index is 0.000000128. The average molecular weight is 187 g/mol. The van der Waals surface area contributed by atoms with Crippen LogP contribution in [0.3, 0.4) is 0 Å². The molecule has 0 unspecified atom stereocenters. The number of H-pyrrole nitrogens is 1. The smallest absolute Gasteiger partial charge is 0.0453 e. The number of rotatable bonds is 0. The van der Waals surface area contributed by atoms with Gasteiger partial charge in [-0.1, -0.05) is 50.3 Å². The second kappa shape index (κ2) is 4.85. The summed E-state index contributed by atoms with van der Waals surface area (Å²) >= 11 is 0. The Morgan fingerprint density at radius 1 is 0.786 bits per heavy atom. The van der Waals surface area contributed by atoms with Crippen molar-refractivity contribution in [3.63, 3.8) is 0 Å². The molecule has 0 atom stereocenters. The molecule has 14 heavy (non-hydrogen) atoms. The van der Waals surface area contributed by atoms with Crippen molar-refractivity contribution >= 4 is 10.9 Å². The van der Waals surface area contributed by atoms with Gasteiger partial charge in [-0.2, -0.15) is 0 Å². The van der Waals surface area contributed by atoms with Gasteiger partial charge in [0.15, 0.2) is 0 Å². The Morgan fingerprint density at radius 2 is 1.43 bits per heavy atom. The molecule has 1 aliphatic rings. The quantitative estimate of drug-likeness (QED) is 0.638. The maximum atomic E-state index is 3.12. The zero-order valence-electron chi connectivity index (χ0n) is 8.50. The largest absolute Gasteiger partial charge is 0.361 e. The van der Waals surface area contributed by atoms with Crippen LogP contribution in [-0.4, -0.2) is 4.98 Å². The van der Waals surface area contributed by atoms with Crippen LogP contribution in [0.4, 0.5) is 0 Å². The molecular weight excluding hydrogens is 170 g/mol. The van der Waals surface area contributed by atoms with Crippen LogP contribution in [0.1, 0.15) is 32.1 Å². The van der Waals surface area contributed by atoms with Crippen molar-refractivity contribution in [1.82, 2.24) is 4.98 Å². The molecule has 1 N–H and O–H groups in total. The van der Waals surface area contributed by atoms with Gasteiger partial charge < -0.3 is 4.98 Å². The molecule has 1 fully saturated rings. The van der Waals surface area contributed by atoms with Crippen molar-refractivity contribution in [3.05, 3.63) is 36.5 Å². The van der Waals surface area contributed by atoms with Crippen LogP contribution in [0.2, 0.25) is 0 Å². The number of benzene rings is 1. The van der Waals surface area contributed by atoms with E-state index in [0.29, 0.717) is 0 Å². The second-order valence-electron chi connectivity index (χ2n) is 3.83. The monoisotopic (exact) mass is 187 g/mol. The summed E-state index contributed by atoms with van der Waals surface area (Å²) in [6.07, 6.45) is 9.45. The molecule has 2 aromatic rings. The Labute approximate surface area is 85.1 Å². The molecule has 1 heteroatoms. The van der Waals surface area contributed by atoms with E-state index < -0.39 is 0 Å². The fourth-order valence-electron chi connectivity index (χ4n) is 1.88. The summed E-state index contributed by atoms with van der Waals surface area (Å²) in [5.74, 6) is 0. The molecule has 3 rings (SSSR count). The summed E-state index contributed by atoms with van der Waals surface area (Å²) in [7, 11) is 0. The maximum Gasteiger partial charge on any atom is 0.0453 e. The molecule has 0 bridgehead atoms. The van der Waals surface area contributed by atoms with E-state index in [4.69, 9.17) is 0 Å². The number of nitrogens with one attached hydrogen (secondary N) is 1. The van der Waals surface area contributed by atoms with Crippen LogP contribution < -0.4 is 0 Å². The molecule has 0 spiro atoms. The number of hydrogen-bond acceptors (Lipinski definition) is 0. The Kier molecular flexibility index (Phi) is 3.23. The third kappa shape index (κ3) is 2.38. The van der Waals surface area contributed by atoms with E-state index in [0.717, 1.165) is 0 Å². The van der Waals surface area contributed by atoms with Crippen molar-refractivity contribution in [2.45, 2.75) is 32.1 Å². The fraction of sp³-hybridized carbons (Fsp3) is 0.385. The topological polar surface area (TPSA) is 15.8 Å². The van der Waals surface area contributed by atoms with Crippen LogP contribution in [0.15, 0.2) is 36.5 Å². The number of para-hydroxylation sites is 1. The molecule has 74 valence electrons. The van der Waals surface area contributed by atoms with E-state index in [-0.39, 0.29) is 0 Å². The van der Waals surface area contributed by atoms with Crippen molar-refractivity contribution in [1.29, 1.82) is 0 Å². The third-order valence-electron chi connectivity index (χ3n) is 2.71. The van der Waals surface area contributed by atoms with E-state index in [1.807, 2.05) is 18.3 Å². The van der Waals surface area contributed by atoms with Gasteiger partial charge in [-0.3, -0.25) is 0 Å². The minimum Gasteiger partial charge on any atom is -0.361 e. The van der Waals surface area contributed by atoms with Gasteiger partial charge in [0.1, 0.15) is 0 Å². The molecule has 1 saturated carbocycles. The first-order chi connectivity index (χ1) is 6.97. The predicted molar refractivity (Wildman–Crippen MR) is 61.4 cm³/mol. The van der Waals surface area contributed by atoms with Gasteiger partial charge in [0, 0.05) is 11.7 Å². The number of aromatic amines is 1. The molecular formula is C13H17N. The third-order valence-corrected chi connectivity index (χ3v) is 2.71.